The van der Waals surface area contributed by atoms with Gasteiger partial charge >= 0.3 is 6.03 Å². The van der Waals surface area contributed by atoms with Gasteiger partial charge in [-0.3, -0.25) is 4.79 Å². The van der Waals surface area contributed by atoms with Gasteiger partial charge in [-0.1, -0.05) is 0 Å². The van der Waals surface area contributed by atoms with E-state index in [1.54, 1.807) is 36.3 Å². The molecule has 0 saturated carbocycles. The molecule has 7 nitrogen and oxygen atoms in total. The van der Waals surface area contributed by atoms with Crippen LogP contribution < -0.4 is 4.74 Å². The van der Waals surface area contributed by atoms with Crippen molar-refractivity contribution in [1.82, 2.24) is 14.7 Å². The monoisotopic (exact) mass is 333 g/mol. The van der Waals surface area contributed by atoms with Crippen molar-refractivity contribution in [3.8, 4) is 5.75 Å². The third-order valence-electron chi connectivity index (χ3n) is 4.46. The van der Waals surface area contributed by atoms with Gasteiger partial charge in [0.15, 0.2) is 0 Å². The Labute approximate surface area is 141 Å². The number of amides is 3. The molecule has 2 aliphatic rings. The molecule has 0 spiro atoms. The van der Waals surface area contributed by atoms with Crippen LogP contribution in [0.1, 0.15) is 10.4 Å². The summed E-state index contributed by atoms with van der Waals surface area (Å²) in [5.41, 5.74) is 0.642. The number of methoxy groups -OCH3 is 1. The zero-order valence-electron chi connectivity index (χ0n) is 13.9. The Kier molecular flexibility index (Phi) is 5.20. The van der Waals surface area contributed by atoms with Crippen LogP contribution in [0.3, 0.4) is 0 Å². The third-order valence-corrected chi connectivity index (χ3v) is 4.46. The molecule has 3 rings (SSSR count). The van der Waals surface area contributed by atoms with Crippen LogP contribution in [0.25, 0.3) is 0 Å². The van der Waals surface area contributed by atoms with Gasteiger partial charge in [-0.25, -0.2) is 4.79 Å². The van der Waals surface area contributed by atoms with Crippen LogP contribution in [-0.2, 0) is 4.74 Å². The van der Waals surface area contributed by atoms with Crippen LogP contribution in [0, 0.1) is 0 Å². The molecule has 0 bridgehead atoms. The second-order valence-corrected chi connectivity index (χ2v) is 5.89. The van der Waals surface area contributed by atoms with E-state index in [4.69, 9.17) is 9.47 Å². The quantitative estimate of drug-likeness (QED) is 0.807. The lowest BCUT2D eigenvalue weighted by molar-refractivity contribution is 0.0362. The van der Waals surface area contributed by atoms with Gasteiger partial charge in [-0.05, 0) is 24.3 Å². The number of hydrogen-bond acceptors (Lipinski definition) is 4. The first kappa shape index (κ1) is 16.6. The fourth-order valence-corrected chi connectivity index (χ4v) is 2.97. The van der Waals surface area contributed by atoms with E-state index >= 15 is 0 Å². The summed E-state index contributed by atoms with van der Waals surface area (Å²) in [5.74, 6) is 0.726. The van der Waals surface area contributed by atoms with E-state index in [0.717, 1.165) is 5.75 Å². The summed E-state index contributed by atoms with van der Waals surface area (Å²) in [6.07, 6.45) is 0. The predicted molar refractivity (Wildman–Crippen MR) is 88.3 cm³/mol. The predicted octanol–water partition coefficient (Wildman–Crippen LogP) is 0.905. The highest BCUT2D eigenvalue weighted by atomic mass is 16.5. The molecule has 0 atom stereocenters. The van der Waals surface area contributed by atoms with Gasteiger partial charge in [0.25, 0.3) is 5.91 Å². The molecule has 2 aliphatic heterocycles. The van der Waals surface area contributed by atoms with E-state index in [9.17, 15) is 9.59 Å². The van der Waals surface area contributed by atoms with E-state index < -0.39 is 0 Å². The zero-order chi connectivity index (χ0) is 16.9. The first-order valence-electron chi connectivity index (χ1n) is 8.24. The SMILES string of the molecule is COc1ccc(C(=O)N2CCN(C(=O)N3CCOCC3)CC2)cc1. The molecule has 1 aromatic carbocycles. The highest BCUT2D eigenvalue weighted by Gasteiger charge is 2.28. The summed E-state index contributed by atoms with van der Waals surface area (Å²) in [7, 11) is 1.60. The van der Waals surface area contributed by atoms with Crippen molar-refractivity contribution in [3.63, 3.8) is 0 Å². The van der Waals surface area contributed by atoms with Crippen molar-refractivity contribution in [2.45, 2.75) is 0 Å². The summed E-state index contributed by atoms with van der Waals surface area (Å²) >= 11 is 0. The second kappa shape index (κ2) is 7.53. The molecule has 7 heteroatoms. The lowest BCUT2D eigenvalue weighted by Crippen LogP contribution is -2.55. The van der Waals surface area contributed by atoms with Crippen LogP contribution in [0.4, 0.5) is 4.79 Å². The first-order chi connectivity index (χ1) is 11.7. The number of hydrogen-bond donors (Lipinski definition) is 0. The molecule has 1 aromatic rings. The maximum Gasteiger partial charge on any atom is 0.320 e. The third kappa shape index (κ3) is 3.62. The van der Waals surface area contributed by atoms with Crippen molar-refractivity contribution >= 4 is 11.9 Å². The molecule has 2 saturated heterocycles. The van der Waals surface area contributed by atoms with Crippen molar-refractivity contribution in [2.75, 3.05) is 59.6 Å². The van der Waals surface area contributed by atoms with Crippen molar-refractivity contribution in [3.05, 3.63) is 29.8 Å². The Hall–Kier alpha value is -2.28. The summed E-state index contributed by atoms with van der Waals surface area (Å²) in [5, 5.41) is 0. The van der Waals surface area contributed by atoms with E-state index in [1.807, 2.05) is 9.80 Å². The normalized spacial score (nSPS) is 18.5. The maximum atomic E-state index is 12.5. The van der Waals surface area contributed by atoms with Crippen molar-refractivity contribution in [1.29, 1.82) is 0 Å². The van der Waals surface area contributed by atoms with Gasteiger partial charge in [0, 0.05) is 44.8 Å². The Morgan fingerprint density at radius 3 is 2.00 bits per heavy atom. The minimum atomic E-state index is -0.00359. The summed E-state index contributed by atoms with van der Waals surface area (Å²) in [6.45, 7) is 4.73. The topological polar surface area (TPSA) is 62.3 Å². The molecule has 24 heavy (non-hydrogen) atoms. The number of morpholine rings is 1. The van der Waals surface area contributed by atoms with Crippen molar-refractivity contribution in [2.24, 2.45) is 0 Å². The number of urea groups is 1. The lowest BCUT2D eigenvalue weighted by atomic mass is 10.1. The minimum Gasteiger partial charge on any atom is -0.497 e. The fourth-order valence-electron chi connectivity index (χ4n) is 2.97. The summed E-state index contributed by atoms with van der Waals surface area (Å²) in [6, 6.07) is 7.16. The smallest absolute Gasteiger partial charge is 0.320 e. The Balaban J connectivity index is 1.54. The average molecular weight is 333 g/mol. The molecule has 2 fully saturated rings. The van der Waals surface area contributed by atoms with E-state index in [-0.39, 0.29) is 11.9 Å². The van der Waals surface area contributed by atoms with Crippen LogP contribution in [-0.4, -0.2) is 86.2 Å². The van der Waals surface area contributed by atoms with Gasteiger partial charge in [-0.2, -0.15) is 0 Å². The van der Waals surface area contributed by atoms with E-state index in [1.165, 1.54) is 0 Å². The van der Waals surface area contributed by atoms with Crippen LogP contribution in [0.15, 0.2) is 24.3 Å². The lowest BCUT2D eigenvalue weighted by Gasteiger charge is -2.38. The highest BCUT2D eigenvalue weighted by Crippen LogP contribution is 2.15. The maximum absolute atomic E-state index is 12.5. The second-order valence-electron chi connectivity index (χ2n) is 5.89. The number of nitrogens with zero attached hydrogens (tertiary/aromatic N) is 3. The molecule has 0 N–H and O–H groups in total. The van der Waals surface area contributed by atoms with Crippen molar-refractivity contribution < 1.29 is 19.1 Å². The molecule has 2 heterocycles. The fraction of sp³-hybridized carbons (Fsp3) is 0.529. The molecule has 0 aromatic heterocycles. The minimum absolute atomic E-state index is 0.00359. The van der Waals surface area contributed by atoms with E-state index in [0.29, 0.717) is 58.0 Å². The number of ether oxygens (including phenoxy) is 2. The Morgan fingerprint density at radius 2 is 1.42 bits per heavy atom. The summed E-state index contributed by atoms with van der Waals surface area (Å²) in [4.78, 5) is 30.4. The van der Waals surface area contributed by atoms with Gasteiger partial charge in [0.2, 0.25) is 0 Å². The molecule has 0 aliphatic carbocycles. The molecule has 3 amide bonds. The Bertz CT molecular complexity index is 576. The number of piperazine rings is 1. The van der Waals surface area contributed by atoms with Gasteiger partial charge in [0.1, 0.15) is 5.75 Å². The average Bonchev–Trinajstić information content (AvgIpc) is 2.68. The van der Waals surface area contributed by atoms with Gasteiger partial charge < -0.3 is 24.2 Å². The van der Waals surface area contributed by atoms with Crippen LogP contribution >= 0.6 is 0 Å². The number of rotatable bonds is 2. The highest BCUT2D eigenvalue weighted by molar-refractivity contribution is 5.94. The van der Waals surface area contributed by atoms with Gasteiger partial charge in [0.05, 0.1) is 20.3 Å². The molecule has 0 unspecified atom stereocenters. The molecular weight excluding hydrogens is 310 g/mol. The van der Waals surface area contributed by atoms with Gasteiger partial charge in [-0.15, -0.1) is 0 Å². The van der Waals surface area contributed by atoms with Crippen LogP contribution in [0.5, 0.6) is 5.75 Å². The standard InChI is InChI=1S/C17H23N3O4/c1-23-15-4-2-14(3-5-15)16(21)18-6-8-19(9-7-18)17(22)20-10-12-24-13-11-20/h2-5H,6-13H2,1H3. The number of carbonyl (C=O) groups is 2. The zero-order valence-corrected chi connectivity index (χ0v) is 13.9. The Morgan fingerprint density at radius 1 is 0.875 bits per heavy atom. The number of benzene rings is 1. The largest absolute Gasteiger partial charge is 0.497 e. The molecule has 130 valence electrons. The molecular formula is C17H23N3O4. The summed E-state index contributed by atoms with van der Waals surface area (Å²) < 4.78 is 10.4. The van der Waals surface area contributed by atoms with Crippen LogP contribution in [0.2, 0.25) is 0 Å². The number of carbonyl (C=O) groups excluding carboxylic acids is 2. The first-order valence-corrected chi connectivity index (χ1v) is 8.24. The molecule has 0 radical (unpaired) electrons. The van der Waals surface area contributed by atoms with E-state index in [2.05, 4.69) is 0 Å².